The lowest BCUT2D eigenvalue weighted by atomic mass is 10.1. The van der Waals surface area contributed by atoms with E-state index in [0.29, 0.717) is 5.92 Å². The first-order chi connectivity index (χ1) is 11.8. The Morgan fingerprint density at radius 3 is 2.83 bits per heavy atom. The Morgan fingerprint density at radius 2 is 1.96 bits per heavy atom. The number of aromatic nitrogens is 2. The standard InChI is InChI=1S/C18H24ClN5/c19-16-1-3-17(4-2-16)23-8-6-14(12-23)9-20-10-15-11-21-18-5-7-22-24(18)13-15/h1-5,7,14-15,20-21H,6,8-13H2/t14-,15+/m0/s1. The van der Waals surface area contributed by atoms with Gasteiger partial charge in [0.15, 0.2) is 0 Å². The molecule has 0 spiro atoms. The van der Waals surface area contributed by atoms with E-state index in [1.807, 2.05) is 24.4 Å². The summed E-state index contributed by atoms with van der Waals surface area (Å²) in [7, 11) is 0. The van der Waals surface area contributed by atoms with Gasteiger partial charge in [0.25, 0.3) is 0 Å². The fraction of sp³-hybridized carbons (Fsp3) is 0.500. The summed E-state index contributed by atoms with van der Waals surface area (Å²) in [4.78, 5) is 2.46. The van der Waals surface area contributed by atoms with Crippen molar-refractivity contribution in [3.05, 3.63) is 41.6 Å². The van der Waals surface area contributed by atoms with Crippen LogP contribution < -0.4 is 15.5 Å². The summed E-state index contributed by atoms with van der Waals surface area (Å²) < 4.78 is 2.06. The molecule has 0 aliphatic carbocycles. The molecule has 2 aromatic rings. The molecule has 1 fully saturated rings. The molecule has 2 atom stereocenters. The third-order valence-corrected chi connectivity index (χ3v) is 5.32. The molecule has 2 aliphatic rings. The first kappa shape index (κ1) is 15.8. The monoisotopic (exact) mass is 345 g/mol. The van der Waals surface area contributed by atoms with Crippen LogP contribution in [0.2, 0.25) is 5.02 Å². The Kier molecular flexibility index (Phi) is 4.63. The molecule has 24 heavy (non-hydrogen) atoms. The molecule has 0 saturated carbocycles. The highest BCUT2D eigenvalue weighted by atomic mass is 35.5. The predicted octanol–water partition coefficient (Wildman–Crippen LogP) is 2.69. The van der Waals surface area contributed by atoms with Gasteiger partial charge in [-0.3, -0.25) is 0 Å². The second kappa shape index (κ2) is 7.03. The van der Waals surface area contributed by atoms with E-state index < -0.39 is 0 Å². The summed E-state index contributed by atoms with van der Waals surface area (Å²) in [6, 6.07) is 10.2. The van der Waals surface area contributed by atoms with Crippen molar-refractivity contribution < 1.29 is 0 Å². The predicted molar refractivity (Wildman–Crippen MR) is 98.8 cm³/mol. The number of benzene rings is 1. The van der Waals surface area contributed by atoms with Crippen LogP contribution in [0.15, 0.2) is 36.5 Å². The molecule has 0 amide bonds. The van der Waals surface area contributed by atoms with Crippen LogP contribution in [0, 0.1) is 11.8 Å². The first-order valence-electron chi connectivity index (χ1n) is 8.75. The normalized spacial score (nSPS) is 23.1. The molecular weight excluding hydrogens is 322 g/mol. The van der Waals surface area contributed by atoms with E-state index in [9.17, 15) is 0 Å². The summed E-state index contributed by atoms with van der Waals surface area (Å²) in [5.41, 5.74) is 1.28. The van der Waals surface area contributed by atoms with Crippen molar-refractivity contribution in [1.29, 1.82) is 0 Å². The lowest BCUT2D eigenvalue weighted by Gasteiger charge is -2.25. The molecule has 2 aliphatic heterocycles. The highest BCUT2D eigenvalue weighted by Gasteiger charge is 2.23. The fourth-order valence-corrected chi connectivity index (χ4v) is 3.83. The van der Waals surface area contributed by atoms with Crippen LogP contribution in [-0.2, 0) is 6.54 Å². The molecule has 0 radical (unpaired) electrons. The van der Waals surface area contributed by atoms with Crippen LogP contribution in [0.1, 0.15) is 6.42 Å². The average Bonchev–Trinajstić information content (AvgIpc) is 3.24. The van der Waals surface area contributed by atoms with E-state index in [-0.39, 0.29) is 0 Å². The molecular formula is C18H24ClN5. The molecule has 4 rings (SSSR count). The van der Waals surface area contributed by atoms with E-state index in [0.717, 1.165) is 56.0 Å². The van der Waals surface area contributed by atoms with Crippen molar-refractivity contribution in [2.45, 2.75) is 13.0 Å². The molecule has 5 nitrogen and oxygen atoms in total. The summed E-state index contributed by atoms with van der Waals surface area (Å²) in [6.07, 6.45) is 3.11. The maximum absolute atomic E-state index is 5.97. The van der Waals surface area contributed by atoms with Crippen molar-refractivity contribution >= 4 is 23.1 Å². The molecule has 1 aromatic carbocycles. The number of rotatable bonds is 5. The van der Waals surface area contributed by atoms with Gasteiger partial charge in [0.05, 0.1) is 6.20 Å². The van der Waals surface area contributed by atoms with Crippen LogP contribution in [0.25, 0.3) is 0 Å². The number of nitrogens with one attached hydrogen (secondary N) is 2. The minimum atomic E-state index is 0.603. The topological polar surface area (TPSA) is 45.1 Å². The van der Waals surface area contributed by atoms with Gasteiger partial charge in [-0.05, 0) is 43.1 Å². The van der Waals surface area contributed by atoms with Crippen LogP contribution in [0.5, 0.6) is 0 Å². The number of hydrogen-bond acceptors (Lipinski definition) is 4. The zero-order chi connectivity index (χ0) is 16.4. The zero-order valence-corrected chi connectivity index (χ0v) is 14.5. The molecule has 128 valence electrons. The van der Waals surface area contributed by atoms with Gasteiger partial charge in [0.1, 0.15) is 5.82 Å². The number of halogens is 1. The van der Waals surface area contributed by atoms with E-state index in [1.54, 1.807) is 0 Å². The maximum atomic E-state index is 5.97. The lowest BCUT2D eigenvalue weighted by molar-refractivity contribution is 0.379. The highest BCUT2D eigenvalue weighted by molar-refractivity contribution is 6.30. The van der Waals surface area contributed by atoms with Crippen LogP contribution in [0.4, 0.5) is 11.5 Å². The number of fused-ring (bicyclic) bond motifs is 1. The van der Waals surface area contributed by atoms with Crippen LogP contribution in [0.3, 0.4) is 0 Å². The minimum Gasteiger partial charge on any atom is -0.371 e. The quantitative estimate of drug-likeness (QED) is 0.874. The Hall–Kier alpha value is -1.72. The minimum absolute atomic E-state index is 0.603. The first-order valence-corrected chi connectivity index (χ1v) is 9.12. The van der Waals surface area contributed by atoms with Gasteiger partial charge in [-0.2, -0.15) is 5.10 Å². The van der Waals surface area contributed by atoms with Gasteiger partial charge >= 0.3 is 0 Å². The third-order valence-electron chi connectivity index (χ3n) is 5.06. The summed E-state index contributed by atoms with van der Waals surface area (Å²) >= 11 is 5.97. The number of hydrogen-bond donors (Lipinski definition) is 2. The fourth-order valence-electron chi connectivity index (χ4n) is 3.70. The van der Waals surface area contributed by atoms with Crippen molar-refractivity contribution in [3.63, 3.8) is 0 Å². The molecule has 0 bridgehead atoms. The molecule has 1 saturated heterocycles. The molecule has 3 heterocycles. The second-order valence-electron chi connectivity index (χ2n) is 6.88. The van der Waals surface area contributed by atoms with Crippen molar-refractivity contribution in [2.24, 2.45) is 11.8 Å². The third kappa shape index (κ3) is 3.52. The molecule has 2 N–H and O–H groups in total. The van der Waals surface area contributed by atoms with Gasteiger partial charge in [-0.1, -0.05) is 11.6 Å². The van der Waals surface area contributed by atoms with E-state index in [2.05, 4.69) is 37.4 Å². The van der Waals surface area contributed by atoms with E-state index in [1.165, 1.54) is 12.1 Å². The summed E-state index contributed by atoms with van der Waals surface area (Å²) in [5.74, 6) is 2.46. The van der Waals surface area contributed by atoms with Gasteiger partial charge in [-0.15, -0.1) is 0 Å². The Morgan fingerprint density at radius 1 is 1.12 bits per heavy atom. The van der Waals surface area contributed by atoms with E-state index >= 15 is 0 Å². The molecule has 0 unspecified atom stereocenters. The zero-order valence-electron chi connectivity index (χ0n) is 13.8. The van der Waals surface area contributed by atoms with Crippen LogP contribution in [-0.4, -0.2) is 42.5 Å². The van der Waals surface area contributed by atoms with Gasteiger partial charge < -0.3 is 15.5 Å². The van der Waals surface area contributed by atoms with Crippen molar-refractivity contribution in [1.82, 2.24) is 15.1 Å². The van der Waals surface area contributed by atoms with E-state index in [4.69, 9.17) is 11.6 Å². The van der Waals surface area contributed by atoms with Gasteiger partial charge in [-0.25, -0.2) is 4.68 Å². The van der Waals surface area contributed by atoms with Crippen molar-refractivity contribution in [2.75, 3.05) is 42.9 Å². The smallest absolute Gasteiger partial charge is 0.124 e. The Balaban J connectivity index is 1.21. The van der Waals surface area contributed by atoms with Crippen molar-refractivity contribution in [3.8, 4) is 0 Å². The number of anilines is 2. The van der Waals surface area contributed by atoms with Crippen LogP contribution >= 0.6 is 11.6 Å². The summed E-state index contributed by atoms with van der Waals surface area (Å²) in [5, 5.41) is 12.3. The lowest BCUT2D eigenvalue weighted by Crippen LogP contribution is -2.37. The Labute approximate surface area is 148 Å². The summed E-state index contributed by atoms with van der Waals surface area (Å²) in [6.45, 7) is 6.43. The second-order valence-corrected chi connectivity index (χ2v) is 7.32. The average molecular weight is 346 g/mol. The number of nitrogens with zero attached hydrogens (tertiary/aromatic N) is 3. The Bertz CT molecular complexity index is 668. The SMILES string of the molecule is Clc1ccc(N2CC[C@@H](CNC[C@@H]3CNc4ccnn4C3)C2)cc1. The molecule has 6 heteroatoms. The van der Waals surface area contributed by atoms with Gasteiger partial charge in [0, 0.05) is 55.4 Å². The largest absolute Gasteiger partial charge is 0.371 e. The molecule has 1 aromatic heterocycles. The highest BCUT2D eigenvalue weighted by Crippen LogP contribution is 2.25. The maximum Gasteiger partial charge on any atom is 0.124 e. The van der Waals surface area contributed by atoms with Gasteiger partial charge in [0.2, 0.25) is 0 Å².